The number of aryl methyl sites for hydroxylation is 4. The van der Waals surface area contributed by atoms with Gasteiger partial charge in [0.05, 0.1) is 54.9 Å². The largest absolute Gasteiger partial charge is 0.388 e. The molecule has 15 heterocycles. The number of aromatic nitrogens is 19. The zero-order chi connectivity index (χ0) is 91.5. The van der Waals surface area contributed by atoms with Crippen LogP contribution in [0.2, 0.25) is 0 Å². The van der Waals surface area contributed by atoms with Crippen molar-refractivity contribution in [2.24, 2.45) is 7.05 Å². The standard InChI is InChI=1S/C16H26N5O4P.C16H25N4O4P.C16H24N3O3PS.C15H24N5O4P.C15H23N4O3PS.CH4/c1-20(2)16-18-13-10(14(24)19-16)17-8-21(13)15-12(23)11(22)9(25-15)6-7-26(3,4)5;1-9-18-14-11(15(23)19(9)2)17-8-20(14)16-13(22)12(21)10(24-16)6-7-25(3,4)5;1-9-17-14-10(15(24)18-9)5-7-19(14)16-13(21)12(20)11(22-16)6-8-23(2,3)4;1-7-17-12-9(13(23)18-7)19-15(16)20(12)14-11(22)10(21)8(24-14)5-6-25(2,3)4;1-8-17-13-10(14(24)18-8)16-7-19(13)15-12(21)11(20)9(22-15)5-6-23(2,3)4;/h8-9,11-12,15,22-23H,3,6-7H2,1-2,4-5H3,(H,18,19,24);8,10,12-13,16,21-22H,3,6-7H2,1-2,4-5H3;5,7,11-13,16,20-21H,2,6,8H2,1,3-4H3,(H,17,18,24);8,10-11,14,21-22H,2,5-6H2,1,3-4H3,(H2,16,19)(H,17,18,23);7,9,11-12,15,20-21H,2,5-6H2,1,3-4H3,(H,17,18,24);1H4/t9-,11-,12-,15-;10-,12-,13-,16-;11-,12-,13-,16-;8-,10-,11-,14-;9-,11-,12-,15-;/m11111./s1. The molecule has 692 valence electrons. The van der Waals surface area contributed by atoms with E-state index in [9.17, 15) is 65.4 Å². The number of nitrogens with two attached hydrogens (primary N) is 1. The number of ether oxygens (including phenoxy) is 5. The molecule has 0 saturated carbocycles. The molecule has 0 spiro atoms. The molecule has 10 aromatic rings. The van der Waals surface area contributed by atoms with Crippen LogP contribution in [0.15, 0.2) is 45.6 Å². The summed E-state index contributed by atoms with van der Waals surface area (Å²) in [5, 5.41) is 105. The molecule has 10 aromatic heterocycles. The Morgan fingerprint density at radius 2 is 0.784 bits per heavy atom. The average molecular weight is 1880 g/mol. The highest BCUT2D eigenvalue weighted by Gasteiger charge is 2.49. The fourth-order valence-corrected chi connectivity index (χ4v) is 20.3. The lowest BCUT2D eigenvalue weighted by Crippen LogP contribution is -2.32. The van der Waals surface area contributed by atoms with Gasteiger partial charge in [-0.1, -0.05) is 31.9 Å². The molecule has 0 unspecified atom stereocenters. The second-order valence-electron chi connectivity index (χ2n) is 36.2. The molecule has 0 aromatic carbocycles. The Morgan fingerprint density at radius 3 is 1.22 bits per heavy atom. The van der Waals surface area contributed by atoms with Crippen LogP contribution in [0.4, 0.5) is 11.9 Å². The van der Waals surface area contributed by atoms with Gasteiger partial charge in [-0.3, -0.25) is 42.2 Å². The van der Waals surface area contributed by atoms with E-state index >= 15 is 0 Å². The van der Waals surface area contributed by atoms with Gasteiger partial charge in [-0.25, -0.2) is 39.9 Å². The van der Waals surface area contributed by atoms with Gasteiger partial charge in [0.2, 0.25) is 11.9 Å². The molecule has 5 aliphatic rings. The minimum absolute atomic E-state index is 0. The maximum Gasteiger partial charge on any atom is 0.281 e. The van der Waals surface area contributed by atoms with Gasteiger partial charge in [0.25, 0.3) is 16.7 Å². The molecule has 5 fully saturated rings. The van der Waals surface area contributed by atoms with Crippen LogP contribution in [-0.2, 0) is 30.7 Å². The fraction of sp³-hybridized carbons (Fsp3) is 0.608. The number of imidazole rings is 4. The van der Waals surface area contributed by atoms with Crippen molar-refractivity contribution in [2.45, 2.75) is 190 Å². The smallest absolute Gasteiger partial charge is 0.281 e. The number of aliphatic hydroxyl groups excluding tert-OH is 10. The number of aromatic amines is 4. The molecule has 20 atom stereocenters. The highest BCUT2D eigenvalue weighted by Crippen LogP contribution is 2.46. The molecule has 0 amide bonds. The Morgan fingerprint density at radius 1 is 0.432 bits per heavy atom. The van der Waals surface area contributed by atoms with Crippen molar-refractivity contribution in [3.8, 4) is 0 Å². The van der Waals surface area contributed by atoms with Crippen molar-refractivity contribution >= 4 is 158 Å². The van der Waals surface area contributed by atoms with E-state index in [1.807, 2.05) is 13.0 Å². The van der Waals surface area contributed by atoms with Crippen LogP contribution >= 0.6 is 58.9 Å². The lowest BCUT2D eigenvalue weighted by molar-refractivity contribution is -0.0353. The maximum atomic E-state index is 12.3. The van der Waals surface area contributed by atoms with E-state index in [0.29, 0.717) is 93.1 Å². The number of nitrogens with one attached hydrogen (secondary N) is 4. The number of H-pyrrole nitrogens is 4. The van der Waals surface area contributed by atoms with Crippen LogP contribution in [0.1, 0.15) is 94.0 Å². The summed E-state index contributed by atoms with van der Waals surface area (Å²) in [7, 11) is 5.15. The first-order valence-corrected chi connectivity index (χ1v) is 56.4. The molecular formula is C79H126N21O18P5S2. The molecule has 15 rings (SSSR count). The van der Waals surface area contributed by atoms with Gasteiger partial charge in [-0.05, 0) is 163 Å². The number of nitrogen functional groups attached to an aromatic ring is 1. The van der Waals surface area contributed by atoms with Crippen molar-refractivity contribution < 1.29 is 74.7 Å². The summed E-state index contributed by atoms with van der Waals surface area (Å²) >= 11 is 10.5. The maximum absolute atomic E-state index is 12.3. The molecule has 16 N–H and O–H groups in total. The second kappa shape index (κ2) is 39.5. The van der Waals surface area contributed by atoms with E-state index < -0.39 is 163 Å². The van der Waals surface area contributed by atoms with Crippen molar-refractivity contribution in [3.63, 3.8) is 0 Å². The first-order chi connectivity index (χ1) is 57.6. The summed E-state index contributed by atoms with van der Waals surface area (Å²) in [5.41, 5.74) is 8.14. The molecule has 5 saturated heterocycles. The quantitative estimate of drug-likeness (QED) is 0.0356. The Kier molecular flexibility index (Phi) is 31.7. The summed E-state index contributed by atoms with van der Waals surface area (Å²) in [6, 6.07) is 1.85. The van der Waals surface area contributed by atoms with E-state index in [2.05, 4.69) is 163 Å². The SMILES string of the molecule is C.C=P(C)(C)CC[C@H]1O[C@@H](n2c(N)nc3c(=O)[nH]c(C)nc32)[C@H](O)[C@@H]1O.C=P(C)(C)CC[C@H]1O[C@@H](n2ccc3c(=S)nc(C)[nH]c32)[C@H](O)[C@@H]1O.C=P(C)(C)CC[C@H]1O[C@@H](n2cnc3c(=O)[nH]c(N(C)C)nc32)[C@H](O)[C@@H]1O.C=P(C)(C)CC[C@H]1O[C@@H](n2cnc3c(=O)n(C)c(C)nc32)[C@H](O)[C@@H]1O.C=P(C)(C)CC[C@H]1O[C@@H](n2cnc3c(=S)nc(C)[nH]c32)[C@H](O)[C@@H]1O. The normalized spacial score (nSPS) is 27.1. The number of rotatable bonds is 21. The van der Waals surface area contributed by atoms with Crippen molar-refractivity contribution in [2.75, 3.05) is 122 Å². The van der Waals surface area contributed by atoms with Crippen molar-refractivity contribution in [1.82, 2.24) is 92.2 Å². The zero-order valence-electron chi connectivity index (χ0n) is 73.1. The third-order valence-electron chi connectivity index (χ3n) is 22.0. The first kappa shape index (κ1) is 100. The minimum atomic E-state index is -1.28. The fourth-order valence-electron chi connectivity index (χ4n) is 15.0. The van der Waals surface area contributed by atoms with Crippen LogP contribution in [0.5, 0.6) is 0 Å². The molecular weight excluding hydrogens is 1750 g/mol. The molecule has 0 radical (unpaired) electrons. The zero-order valence-corrected chi connectivity index (χ0v) is 79.2. The lowest BCUT2D eigenvalue weighted by Gasteiger charge is -2.19. The number of nitrogens with zero attached hydrogens (tertiary/aromatic N) is 16. The van der Waals surface area contributed by atoms with E-state index in [1.54, 1.807) is 68.5 Å². The van der Waals surface area contributed by atoms with Gasteiger partial charge in [-0.15, -0.1) is 65.9 Å². The second-order valence-corrected chi connectivity index (χ2v) is 58.5. The number of anilines is 2. The molecule has 5 aliphatic heterocycles. The topological polar surface area (TPSA) is 538 Å². The molecule has 0 bridgehead atoms. The Bertz CT molecular complexity index is 5970. The van der Waals surface area contributed by atoms with E-state index in [-0.39, 0.29) is 46.7 Å². The van der Waals surface area contributed by atoms with Crippen LogP contribution in [0, 0.1) is 37.0 Å². The van der Waals surface area contributed by atoms with Crippen LogP contribution in [-0.4, -0.2) is 378 Å². The number of aliphatic hydroxyl groups is 10. The molecule has 0 aliphatic carbocycles. The minimum Gasteiger partial charge on any atom is -0.388 e. The van der Waals surface area contributed by atoms with Crippen molar-refractivity contribution in [3.05, 3.63) is 94.9 Å². The Hall–Kier alpha value is -6.84. The highest BCUT2D eigenvalue weighted by molar-refractivity contribution is 7.73. The average Bonchev–Trinajstić information content (AvgIpc) is 1.63. The summed E-state index contributed by atoms with van der Waals surface area (Å²) in [5.74, 6) is 2.65. The predicted molar refractivity (Wildman–Crippen MR) is 508 cm³/mol. The lowest BCUT2D eigenvalue weighted by atomic mass is 10.1. The van der Waals surface area contributed by atoms with Crippen LogP contribution in [0.25, 0.3) is 55.7 Å². The predicted octanol–water partition coefficient (Wildman–Crippen LogP) is 4.06. The Labute approximate surface area is 734 Å². The van der Waals surface area contributed by atoms with Crippen LogP contribution < -0.4 is 27.3 Å². The Balaban J connectivity index is 0.000000163. The van der Waals surface area contributed by atoms with Gasteiger partial charge >= 0.3 is 0 Å². The number of hydrogen-bond acceptors (Lipinski definition) is 31. The van der Waals surface area contributed by atoms with Gasteiger partial charge in [-0.2, -0.15) is 4.98 Å². The van der Waals surface area contributed by atoms with E-state index in [0.717, 1.165) is 41.8 Å². The summed E-state index contributed by atoms with van der Waals surface area (Å²) in [6.45, 7) is 22.0. The highest BCUT2D eigenvalue weighted by atomic mass is 32.1. The van der Waals surface area contributed by atoms with Crippen molar-refractivity contribution in [1.29, 1.82) is 0 Å². The van der Waals surface area contributed by atoms with Gasteiger partial charge in [0.15, 0.2) is 69.3 Å². The summed E-state index contributed by atoms with van der Waals surface area (Å²) in [4.78, 5) is 87.6. The van der Waals surface area contributed by atoms with E-state index in [1.165, 1.54) is 30.9 Å². The summed E-state index contributed by atoms with van der Waals surface area (Å²) < 4.78 is 39.9. The van der Waals surface area contributed by atoms with Gasteiger partial charge in [0.1, 0.15) is 106 Å². The van der Waals surface area contributed by atoms with Gasteiger partial charge in [0, 0.05) is 27.3 Å². The number of fused-ring (bicyclic) bond motifs is 5. The molecule has 39 nitrogen and oxygen atoms in total. The first-order valence-electron chi connectivity index (χ1n) is 40.4. The monoisotopic (exact) mass is 1880 g/mol. The third kappa shape index (κ3) is 23.1. The summed E-state index contributed by atoms with van der Waals surface area (Å²) in [6.07, 6.45) is 17.8. The van der Waals surface area contributed by atoms with Crippen LogP contribution in [0.3, 0.4) is 0 Å². The van der Waals surface area contributed by atoms with E-state index in [4.69, 9.17) is 53.9 Å². The number of hydrogen-bond donors (Lipinski definition) is 15. The third-order valence-corrected chi connectivity index (χ3v) is 29.9. The van der Waals surface area contributed by atoms with Gasteiger partial charge < -0.3 is 105 Å². The molecule has 125 heavy (non-hydrogen) atoms. The molecule has 46 heteroatoms.